The zero-order chi connectivity index (χ0) is 16.5. The van der Waals surface area contributed by atoms with Crippen LogP contribution in [-0.4, -0.2) is 47.2 Å². The van der Waals surface area contributed by atoms with E-state index in [4.69, 9.17) is 10.8 Å². The van der Waals surface area contributed by atoms with E-state index in [2.05, 4.69) is 10.3 Å². The molecule has 1 aliphatic rings. The average Bonchev–Trinajstić information content (AvgIpc) is 2.45. The Labute approximate surface area is 129 Å². The molecule has 2 rings (SSSR count). The first-order valence-electron chi connectivity index (χ1n) is 6.51. The number of nitrogens with zero attached hydrogens (tertiary/aromatic N) is 2. The van der Waals surface area contributed by atoms with E-state index >= 15 is 0 Å². The lowest BCUT2D eigenvalue weighted by Crippen LogP contribution is -2.32. The minimum Gasteiger partial charge on any atom is -0.465 e. The number of amidine groups is 1. The SMILES string of the molecule is CN(C)C=C1C=CN=C(N)C1O.O=C(O)Nc1ccccc1. The van der Waals surface area contributed by atoms with E-state index in [-0.39, 0.29) is 5.84 Å². The van der Waals surface area contributed by atoms with Gasteiger partial charge in [-0.1, -0.05) is 18.2 Å². The third kappa shape index (κ3) is 6.10. The highest BCUT2D eigenvalue weighted by Gasteiger charge is 2.15. The van der Waals surface area contributed by atoms with Crippen LogP contribution in [0.4, 0.5) is 10.5 Å². The lowest BCUT2D eigenvalue weighted by Gasteiger charge is -2.16. The van der Waals surface area contributed by atoms with Gasteiger partial charge < -0.3 is 20.8 Å². The summed E-state index contributed by atoms with van der Waals surface area (Å²) in [5, 5.41) is 20.0. The molecule has 5 N–H and O–H groups in total. The molecule has 0 aromatic heterocycles. The Bertz CT molecular complexity index is 580. The molecular formula is C15H20N4O3. The fourth-order valence-electron chi connectivity index (χ4n) is 1.60. The predicted molar refractivity (Wildman–Crippen MR) is 86.6 cm³/mol. The second-order valence-electron chi connectivity index (χ2n) is 4.66. The molecular weight excluding hydrogens is 284 g/mol. The smallest absolute Gasteiger partial charge is 0.409 e. The number of nitrogens with one attached hydrogen (secondary N) is 1. The van der Waals surface area contributed by atoms with Gasteiger partial charge in [0.1, 0.15) is 11.9 Å². The van der Waals surface area contributed by atoms with Gasteiger partial charge in [0, 0.05) is 37.8 Å². The van der Waals surface area contributed by atoms with Gasteiger partial charge in [-0.3, -0.25) is 5.32 Å². The highest BCUT2D eigenvalue weighted by atomic mass is 16.4. The molecule has 7 nitrogen and oxygen atoms in total. The van der Waals surface area contributed by atoms with Gasteiger partial charge in [-0.25, -0.2) is 9.79 Å². The molecule has 118 valence electrons. The maximum absolute atomic E-state index is 10.1. The second kappa shape index (κ2) is 8.48. The molecule has 1 heterocycles. The Morgan fingerprint density at radius 3 is 2.55 bits per heavy atom. The Balaban J connectivity index is 0.000000224. The van der Waals surface area contributed by atoms with Crippen molar-refractivity contribution in [1.82, 2.24) is 4.90 Å². The molecule has 0 spiro atoms. The number of aliphatic hydroxyl groups excluding tert-OH is 1. The summed E-state index contributed by atoms with van der Waals surface area (Å²) < 4.78 is 0. The van der Waals surface area contributed by atoms with E-state index in [1.54, 1.807) is 36.5 Å². The largest absolute Gasteiger partial charge is 0.465 e. The molecule has 1 atom stereocenters. The Morgan fingerprint density at radius 2 is 2.00 bits per heavy atom. The third-order valence-electron chi connectivity index (χ3n) is 2.52. The van der Waals surface area contributed by atoms with Gasteiger partial charge >= 0.3 is 6.09 Å². The van der Waals surface area contributed by atoms with Crippen LogP contribution in [-0.2, 0) is 0 Å². The first-order valence-corrected chi connectivity index (χ1v) is 6.51. The zero-order valence-corrected chi connectivity index (χ0v) is 12.5. The fourth-order valence-corrected chi connectivity index (χ4v) is 1.60. The molecule has 0 bridgehead atoms. The highest BCUT2D eigenvalue weighted by Crippen LogP contribution is 2.10. The van der Waals surface area contributed by atoms with Gasteiger partial charge in [0.05, 0.1) is 0 Å². The van der Waals surface area contributed by atoms with Gasteiger partial charge in [-0.2, -0.15) is 0 Å². The number of hydrogen-bond donors (Lipinski definition) is 4. The summed E-state index contributed by atoms with van der Waals surface area (Å²) >= 11 is 0. The van der Waals surface area contributed by atoms with Crippen molar-refractivity contribution >= 4 is 17.6 Å². The first-order chi connectivity index (χ1) is 10.4. The summed E-state index contributed by atoms with van der Waals surface area (Å²) in [6.07, 6.45) is 3.32. The summed E-state index contributed by atoms with van der Waals surface area (Å²) in [6.45, 7) is 0. The summed E-state index contributed by atoms with van der Waals surface area (Å²) in [5.74, 6) is 0.241. The molecule has 1 aromatic carbocycles. The van der Waals surface area contributed by atoms with Crippen LogP contribution in [0.2, 0.25) is 0 Å². The molecule has 1 amide bonds. The van der Waals surface area contributed by atoms with Crippen molar-refractivity contribution in [1.29, 1.82) is 0 Å². The van der Waals surface area contributed by atoms with E-state index in [9.17, 15) is 9.90 Å². The van der Waals surface area contributed by atoms with Gasteiger partial charge in [-0.05, 0) is 18.2 Å². The van der Waals surface area contributed by atoms with E-state index < -0.39 is 12.2 Å². The number of aliphatic hydroxyl groups is 1. The molecule has 22 heavy (non-hydrogen) atoms. The number of amides is 1. The topological polar surface area (TPSA) is 111 Å². The van der Waals surface area contributed by atoms with Crippen LogP contribution in [0.3, 0.4) is 0 Å². The van der Waals surface area contributed by atoms with Gasteiger partial charge in [0.2, 0.25) is 0 Å². The molecule has 7 heteroatoms. The van der Waals surface area contributed by atoms with Gasteiger partial charge in [-0.15, -0.1) is 0 Å². The van der Waals surface area contributed by atoms with E-state index in [1.165, 1.54) is 0 Å². The maximum atomic E-state index is 10.1. The minimum absolute atomic E-state index is 0.241. The van der Waals surface area contributed by atoms with Crippen LogP contribution < -0.4 is 11.1 Å². The number of anilines is 1. The predicted octanol–water partition coefficient (Wildman–Crippen LogP) is 1.45. The van der Waals surface area contributed by atoms with Crippen molar-refractivity contribution in [3.63, 3.8) is 0 Å². The number of nitrogens with two attached hydrogens (primary N) is 1. The lowest BCUT2D eigenvalue weighted by atomic mass is 10.1. The Hall–Kier alpha value is -2.80. The summed E-state index contributed by atoms with van der Waals surface area (Å²) in [4.78, 5) is 15.7. The van der Waals surface area contributed by atoms with Crippen LogP contribution in [0.1, 0.15) is 0 Å². The van der Waals surface area contributed by atoms with E-state index in [0.29, 0.717) is 5.69 Å². The van der Waals surface area contributed by atoms with Gasteiger partial charge in [0.15, 0.2) is 0 Å². The van der Waals surface area contributed by atoms with Gasteiger partial charge in [0.25, 0.3) is 0 Å². The van der Waals surface area contributed by atoms with Crippen molar-refractivity contribution in [2.24, 2.45) is 10.7 Å². The van der Waals surface area contributed by atoms with Crippen molar-refractivity contribution in [3.05, 3.63) is 54.4 Å². The normalized spacial score (nSPS) is 18.0. The summed E-state index contributed by atoms with van der Waals surface area (Å²) in [5.41, 5.74) is 6.78. The van der Waals surface area contributed by atoms with E-state index in [1.807, 2.05) is 31.3 Å². The van der Waals surface area contributed by atoms with Crippen molar-refractivity contribution < 1.29 is 15.0 Å². The summed E-state index contributed by atoms with van der Waals surface area (Å²) in [7, 11) is 3.77. The first kappa shape index (κ1) is 17.3. The minimum atomic E-state index is -1.04. The second-order valence-corrected chi connectivity index (χ2v) is 4.66. The molecule has 0 saturated heterocycles. The number of para-hydroxylation sites is 1. The number of hydrogen-bond acceptors (Lipinski definition) is 5. The van der Waals surface area contributed by atoms with Crippen LogP contribution in [0.25, 0.3) is 0 Å². The molecule has 1 aromatic rings. The quantitative estimate of drug-likeness (QED) is 0.661. The molecule has 0 aliphatic carbocycles. The molecule has 1 aliphatic heterocycles. The molecule has 1 unspecified atom stereocenters. The highest BCUT2D eigenvalue weighted by molar-refractivity contribution is 5.89. The standard InChI is InChI=1S/C8H13N3O.C7H7NO2/c1-11(2)5-6-3-4-10-8(9)7(6)12;9-7(10)8-6-4-2-1-3-5-6/h3-5,7,12H,1-2H3,(H2,9,10);1-5,8H,(H,9,10). The Morgan fingerprint density at radius 1 is 1.36 bits per heavy atom. The molecule has 0 radical (unpaired) electrons. The molecule has 0 saturated carbocycles. The van der Waals surface area contributed by atoms with Crippen molar-refractivity contribution in [2.45, 2.75) is 6.10 Å². The van der Waals surface area contributed by atoms with Crippen LogP contribution in [0.5, 0.6) is 0 Å². The number of aliphatic imine (C=N–C) groups is 1. The third-order valence-corrected chi connectivity index (χ3v) is 2.52. The monoisotopic (exact) mass is 304 g/mol. The Kier molecular flexibility index (Phi) is 6.65. The summed E-state index contributed by atoms with van der Waals surface area (Å²) in [6, 6.07) is 8.74. The van der Waals surface area contributed by atoms with E-state index in [0.717, 1.165) is 5.57 Å². The maximum Gasteiger partial charge on any atom is 0.409 e. The van der Waals surface area contributed by atoms with Crippen LogP contribution in [0, 0.1) is 0 Å². The number of carboxylic acid groups (broad SMARTS) is 1. The van der Waals surface area contributed by atoms with Crippen molar-refractivity contribution in [2.75, 3.05) is 19.4 Å². The number of carbonyl (C=O) groups is 1. The fraction of sp³-hybridized carbons (Fsp3) is 0.200. The molecule has 0 fully saturated rings. The number of benzene rings is 1. The number of rotatable bonds is 2. The van der Waals surface area contributed by atoms with Crippen molar-refractivity contribution in [3.8, 4) is 0 Å². The van der Waals surface area contributed by atoms with Crippen LogP contribution >= 0.6 is 0 Å². The average molecular weight is 304 g/mol. The van der Waals surface area contributed by atoms with Crippen LogP contribution in [0.15, 0.2) is 59.4 Å². The lowest BCUT2D eigenvalue weighted by molar-refractivity contribution is 0.209. The zero-order valence-electron chi connectivity index (χ0n) is 12.5.